The Balaban J connectivity index is 1.68. The summed E-state index contributed by atoms with van der Waals surface area (Å²) in [4.78, 5) is 24.8. The highest BCUT2D eigenvalue weighted by atomic mass is 16.5. The second-order valence-electron chi connectivity index (χ2n) is 6.20. The molecule has 29 heavy (non-hydrogen) atoms. The number of benzene rings is 2. The van der Waals surface area contributed by atoms with E-state index >= 15 is 0 Å². The van der Waals surface area contributed by atoms with E-state index in [-0.39, 0.29) is 30.9 Å². The van der Waals surface area contributed by atoms with Crippen LogP contribution in [0, 0.1) is 6.92 Å². The number of para-hydroxylation sites is 1. The van der Waals surface area contributed by atoms with Crippen LogP contribution in [-0.4, -0.2) is 39.2 Å². The van der Waals surface area contributed by atoms with Gasteiger partial charge in [-0.2, -0.15) is 15.0 Å². The smallest absolute Gasteiger partial charge is 0.340 e. The summed E-state index contributed by atoms with van der Waals surface area (Å²) in [5.74, 6) is -0.0394. The summed E-state index contributed by atoms with van der Waals surface area (Å²) in [7, 11) is 0. The van der Waals surface area contributed by atoms with Crippen LogP contribution in [0.1, 0.15) is 21.7 Å². The van der Waals surface area contributed by atoms with Crippen LogP contribution in [0.25, 0.3) is 0 Å². The van der Waals surface area contributed by atoms with Gasteiger partial charge in [-0.05, 0) is 31.2 Å². The van der Waals surface area contributed by atoms with Crippen LogP contribution in [0.15, 0.2) is 48.5 Å². The van der Waals surface area contributed by atoms with E-state index in [0.29, 0.717) is 17.8 Å². The van der Waals surface area contributed by atoms with Gasteiger partial charge in [0.2, 0.25) is 11.9 Å². The lowest BCUT2D eigenvalue weighted by molar-refractivity contribution is 0.0463. The van der Waals surface area contributed by atoms with Gasteiger partial charge in [-0.3, -0.25) is 0 Å². The molecule has 0 unspecified atom stereocenters. The second kappa shape index (κ2) is 9.47. The number of carbonyl (C=O) groups excluding carboxylic acids is 1. The maximum atomic E-state index is 12.5. The normalized spacial score (nSPS) is 10.4. The highest BCUT2D eigenvalue weighted by Gasteiger charge is 2.14. The predicted octanol–water partition coefficient (Wildman–Crippen LogP) is 2.27. The molecule has 0 atom stereocenters. The highest BCUT2D eigenvalue weighted by Crippen LogP contribution is 2.17. The number of anilines is 4. The largest absolute Gasteiger partial charge is 0.454 e. The molecule has 3 rings (SSSR count). The number of carbonyl (C=O) groups is 1. The van der Waals surface area contributed by atoms with Crippen molar-refractivity contribution in [1.82, 2.24) is 15.0 Å². The zero-order chi connectivity index (χ0) is 20.6. The number of esters is 1. The third kappa shape index (κ3) is 5.63. The molecular formula is C20H22N6O3. The SMILES string of the molecule is Cc1ccc(Nc2nc(N)nc(COC(=O)c3ccccc3NCCO)n2)cc1. The fraction of sp³-hybridized carbons (Fsp3) is 0.200. The topological polar surface area (TPSA) is 135 Å². The number of ether oxygens (including phenoxy) is 1. The van der Waals surface area contributed by atoms with Gasteiger partial charge in [0.15, 0.2) is 12.4 Å². The van der Waals surface area contributed by atoms with Crippen LogP contribution in [-0.2, 0) is 11.3 Å². The Labute approximate surface area is 168 Å². The predicted molar refractivity (Wildman–Crippen MR) is 110 cm³/mol. The van der Waals surface area contributed by atoms with Gasteiger partial charge in [0, 0.05) is 17.9 Å². The molecule has 1 heterocycles. The van der Waals surface area contributed by atoms with Gasteiger partial charge in [-0.15, -0.1) is 0 Å². The van der Waals surface area contributed by atoms with Gasteiger partial charge in [0.25, 0.3) is 0 Å². The van der Waals surface area contributed by atoms with Crippen LogP contribution >= 0.6 is 0 Å². The molecule has 0 saturated carbocycles. The molecule has 150 valence electrons. The van der Waals surface area contributed by atoms with Crippen LogP contribution in [0.4, 0.5) is 23.3 Å². The number of aromatic nitrogens is 3. The summed E-state index contributed by atoms with van der Waals surface area (Å²) in [6, 6.07) is 14.6. The van der Waals surface area contributed by atoms with Crippen LogP contribution < -0.4 is 16.4 Å². The first-order valence-corrected chi connectivity index (χ1v) is 9.00. The fourth-order valence-electron chi connectivity index (χ4n) is 2.54. The Morgan fingerprint density at radius 1 is 1.10 bits per heavy atom. The highest BCUT2D eigenvalue weighted by molar-refractivity contribution is 5.95. The molecule has 0 aliphatic carbocycles. The molecule has 5 N–H and O–H groups in total. The van der Waals surface area contributed by atoms with Crippen molar-refractivity contribution in [2.45, 2.75) is 13.5 Å². The van der Waals surface area contributed by atoms with E-state index in [1.807, 2.05) is 31.2 Å². The standard InChI is InChI=1S/C20H22N6O3/c1-13-6-8-14(9-7-13)23-20-25-17(24-19(21)26-20)12-29-18(28)15-4-2-3-5-16(15)22-10-11-27/h2-9,22,27H,10-12H2,1H3,(H3,21,23,24,25,26). The third-order valence-corrected chi connectivity index (χ3v) is 3.91. The van der Waals surface area contributed by atoms with E-state index in [2.05, 4.69) is 25.6 Å². The van der Waals surface area contributed by atoms with Gasteiger partial charge in [-0.25, -0.2) is 4.79 Å². The molecule has 2 aromatic carbocycles. The minimum absolute atomic E-state index is 0.0191. The van der Waals surface area contributed by atoms with Gasteiger partial charge in [-0.1, -0.05) is 29.8 Å². The van der Waals surface area contributed by atoms with Crippen molar-refractivity contribution in [3.8, 4) is 0 Å². The van der Waals surface area contributed by atoms with Crippen molar-refractivity contribution in [3.05, 3.63) is 65.5 Å². The zero-order valence-corrected chi connectivity index (χ0v) is 15.9. The van der Waals surface area contributed by atoms with Gasteiger partial charge in [0.05, 0.1) is 12.2 Å². The average molecular weight is 394 g/mol. The second-order valence-corrected chi connectivity index (χ2v) is 6.20. The van der Waals surface area contributed by atoms with E-state index in [1.165, 1.54) is 0 Å². The molecule has 0 fully saturated rings. The average Bonchev–Trinajstić information content (AvgIpc) is 2.72. The molecule has 0 spiro atoms. The first-order chi connectivity index (χ1) is 14.0. The number of nitrogens with one attached hydrogen (secondary N) is 2. The number of nitrogens with two attached hydrogens (primary N) is 1. The molecular weight excluding hydrogens is 372 g/mol. The van der Waals surface area contributed by atoms with Gasteiger partial charge < -0.3 is 26.2 Å². The number of hydrogen-bond donors (Lipinski definition) is 4. The van der Waals surface area contributed by atoms with Gasteiger partial charge in [0.1, 0.15) is 0 Å². The molecule has 9 nitrogen and oxygen atoms in total. The fourth-order valence-corrected chi connectivity index (χ4v) is 2.54. The number of nitrogens with zero attached hydrogens (tertiary/aromatic N) is 3. The van der Waals surface area contributed by atoms with Crippen LogP contribution in [0.5, 0.6) is 0 Å². The van der Waals surface area contributed by atoms with Gasteiger partial charge >= 0.3 is 5.97 Å². The number of aryl methyl sites for hydroxylation is 1. The Kier molecular flexibility index (Phi) is 6.54. The van der Waals surface area contributed by atoms with Crippen molar-refractivity contribution < 1.29 is 14.6 Å². The van der Waals surface area contributed by atoms with Crippen molar-refractivity contribution in [2.24, 2.45) is 0 Å². The Morgan fingerprint density at radius 2 is 1.86 bits per heavy atom. The Hall–Kier alpha value is -3.72. The van der Waals surface area contributed by atoms with Crippen LogP contribution in [0.2, 0.25) is 0 Å². The van der Waals surface area contributed by atoms with Crippen molar-refractivity contribution >= 4 is 29.2 Å². The molecule has 9 heteroatoms. The molecule has 0 aliphatic heterocycles. The van der Waals surface area contributed by atoms with Crippen LogP contribution in [0.3, 0.4) is 0 Å². The summed E-state index contributed by atoms with van der Waals surface area (Å²) < 4.78 is 5.33. The first-order valence-electron chi connectivity index (χ1n) is 9.00. The molecule has 0 amide bonds. The quantitative estimate of drug-likeness (QED) is 0.424. The molecule has 0 radical (unpaired) electrons. The number of aliphatic hydroxyl groups excluding tert-OH is 1. The molecule has 0 aliphatic rings. The summed E-state index contributed by atoms with van der Waals surface area (Å²) in [5.41, 5.74) is 8.61. The van der Waals surface area contributed by atoms with E-state index in [9.17, 15) is 4.79 Å². The van der Waals surface area contributed by atoms with E-state index in [4.69, 9.17) is 15.6 Å². The van der Waals surface area contributed by atoms with Crippen molar-refractivity contribution in [3.63, 3.8) is 0 Å². The lowest BCUT2D eigenvalue weighted by Crippen LogP contribution is -2.14. The number of rotatable bonds is 8. The molecule has 3 aromatic rings. The van der Waals surface area contributed by atoms with Crippen molar-refractivity contribution in [2.75, 3.05) is 29.5 Å². The number of hydrogen-bond acceptors (Lipinski definition) is 9. The minimum Gasteiger partial charge on any atom is -0.454 e. The maximum Gasteiger partial charge on any atom is 0.340 e. The van der Waals surface area contributed by atoms with E-state index in [1.54, 1.807) is 24.3 Å². The van der Waals surface area contributed by atoms with E-state index in [0.717, 1.165) is 11.3 Å². The first kappa shape index (κ1) is 20.0. The maximum absolute atomic E-state index is 12.5. The lowest BCUT2D eigenvalue weighted by Gasteiger charge is -2.11. The Morgan fingerprint density at radius 3 is 2.62 bits per heavy atom. The molecule has 0 bridgehead atoms. The van der Waals surface area contributed by atoms with Crippen molar-refractivity contribution in [1.29, 1.82) is 0 Å². The Bertz CT molecular complexity index is 978. The third-order valence-electron chi connectivity index (χ3n) is 3.91. The zero-order valence-electron chi connectivity index (χ0n) is 15.9. The molecule has 0 saturated heterocycles. The summed E-state index contributed by atoms with van der Waals surface area (Å²) >= 11 is 0. The molecule has 1 aromatic heterocycles. The summed E-state index contributed by atoms with van der Waals surface area (Å²) in [5, 5.41) is 15.0. The monoisotopic (exact) mass is 394 g/mol. The lowest BCUT2D eigenvalue weighted by atomic mass is 10.2. The summed E-state index contributed by atoms with van der Waals surface area (Å²) in [6.07, 6.45) is 0. The number of nitrogen functional groups attached to an aromatic ring is 1. The summed E-state index contributed by atoms with van der Waals surface area (Å²) in [6.45, 7) is 2.10. The van der Waals surface area contributed by atoms with E-state index < -0.39 is 5.97 Å². The minimum atomic E-state index is -0.543. The number of aliphatic hydroxyl groups is 1.